The number of esters is 2. The molecule has 1 spiro atoms. The third kappa shape index (κ3) is 3.97. The van der Waals surface area contributed by atoms with Gasteiger partial charge in [0, 0.05) is 23.7 Å². The van der Waals surface area contributed by atoms with E-state index in [4.69, 9.17) is 21.1 Å². The van der Waals surface area contributed by atoms with Gasteiger partial charge in [0.25, 0.3) is 5.79 Å². The molecule has 1 fully saturated rings. The third-order valence-corrected chi connectivity index (χ3v) is 5.46. The zero-order valence-electron chi connectivity index (χ0n) is 15.9. The zero-order valence-corrected chi connectivity index (χ0v) is 16.7. The summed E-state index contributed by atoms with van der Waals surface area (Å²) >= 11 is 6.41. The highest BCUT2D eigenvalue weighted by Gasteiger charge is 2.45. The first-order valence-electron chi connectivity index (χ1n) is 9.52. The highest BCUT2D eigenvalue weighted by Crippen LogP contribution is 2.40. The molecule has 0 atom stereocenters. The van der Waals surface area contributed by atoms with Gasteiger partial charge < -0.3 is 20.1 Å². The Balaban J connectivity index is 1.73. The van der Waals surface area contributed by atoms with Gasteiger partial charge in [-0.1, -0.05) is 17.7 Å². The fourth-order valence-electron chi connectivity index (χ4n) is 3.71. The van der Waals surface area contributed by atoms with Gasteiger partial charge in [0.15, 0.2) is 0 Å². The lowest BCUT2D eigenvalue weighted by Crippen LogP contribution is -2.43. The van der Waals surface area contributed by atoms with Crippen molar-refractivity contribution in [3.05, 3.63) is 63.7 Å². The van der Waals surface area contributed by atoms with E-state index in [-0.39, 0.29) is 31.5 Å². The maximum atomic E-state index is 14.0. The summed E-state index contributed by atoms with van der Waals surface area (Å²) in [5, 5.41) is 6.61. The van der Waals surface area contributed by atoms with Crippen LogP contribution in [-0.4, -0.2) is 25.0 Å². The van der Waals surface area contributed by atoms with Gasteiger partial charge in [-0.15, -0.1) is 0 Å². The predicted molar refractivity (Wildman–Crippen MR) is 105 cm³/mol. The Hall–Kier alpha value is -2.71. The molecule has 4 rings (SSSR count). The number of anilines is 1. The molecule has 1 saturated heterocycles. The number of hydrogen-bond donors (Lipinski definition) is 2. The number of nitrogens with one attached hydrogen (secondary N) is 2. The molecule has 0 radical (unpaired) electrons. The summed E-state index contributed by atoms with van der Waals surface area (Å²) < 4.78 is 38.4. The molecule has 2 aliphatic heterocycles. The van der Waals surface area contributed by atoms with Crippen LogP contribution in [0.25, 0.3) is 0 Å². The standard InChI is InChI=1S/C21H19ClF2N2O4/c22-16-4-3-15-14(20(16)26-10-12-1-2-13(23)9-17(12)24)7-8-25-11-21(15)29-18(27)5-6-19(28)30-21/h1-4,9,25-26H,5-8,10-11H2. The fraction of sp³-hybridized carbons (Fsp3) is 0.333. The minimum atomic E-state index is -1.60. The average molecular weight is 437 g/mol. The van der Waals surface area contributed by atoms with E-state index in [1.165, 1.54) is 12.1 Å². The van der Waals surface area contributed by atoms with E-state index in [0.717, 1.165) is 6.07 Å². The second-order valence-corrected chi connectivity index (χ2v) is 7.57. The molecule has 9 heteroatoms. The van der Waals surface area contributed by atoms with Gasteiger partial charge in [-0.05, 0) is 36.7 Å². The van der Waals surface area contributed by atoms with Crippen molar-refractivity contribution in [2.75, 3.05) is 18.4 Å². The van der Waals surface area contributed by atoms with Crippen LogP contribution >= 0.6 is 11.6 Å². The highest BCUT2D eigenvalue weighted by atomic mass is 35.5. The number of halogens is 3. The van der Waals surface area contributed by atoms with Crippen molar-refractivity contribution in [2.45, 2.75) is 31.6 Å². The van der Waals surface area contributed by atoms with Crippen LogP contribution in [0.5, 0.6) is 0 Å². The molecule has 0 aromatic heterocycles. The largest absolute Gasteiger partial charge is 0.416 e. The maximum absolute atomic E-state index is 14.0. The molecule has 0 saturated carbocycles. The van der Waals surface area contributed by atoms with Crippen molar-refractivity contribution in [3.63, 3.8) is 0 Å². The minimum absolute atomic E-state index is 0.0571. The van der Waals surface area contributed by atoms with Crippen LogP contribution in [0.2, 0.25) is 5.02 Å². The Kier molecular flexibility index (Phi) is 5.62. The number of ether oxygens (including phenoxy) is 2. The van der Waals surface area contributed by atoms with Gasteiger partial charge in [0.1, 0.15) is 11.6 Å². The second-order valence-electron chi connectivity index (χ2n) is 7.17. The van der Waals surface area contributed by atoms with Gasteiger partial charge in [-0.2, -0.15) is 0 Å². The van der Waals surface area contributed by atoms with Gasteiger partial charge >= 0.3 is 11.9 Å². The number of rotatable bonds is 3. The Morgan fingerprint density at radius 2 is 1.80 bits per heavy atom. The summed E-state index contributed by atoms with van der Waals surface area (Å²) in [6, 6.07) is 6.61. The van der Waals surface area contributed by atoms with Crippen molar-refractivity contribution in [1.29, 1.82) is 0 Å². The van der Waals surface area contributed by atoms with E-state index in [0.29, 0.717) is 34.8 Å². The quantitative estimate of drug-likeness (QED) is 0.718. The first kappa shape index (κ1) is 20.6. The summed E-state index contributed by atoms with van der Waals surface area (Å²) in [6.45, 7) is 0.678. The third-order valence-electron chi connectivity index (χ3n) is 5.14. The molecule has 0 aliphatic carbocycles. The van der Waals surface area contributed by atoms with Gasteiger partial charge in [0.05, 0.1) is 30.1 Å². The molecular weight excluding hydrogens is 418 g/mol. The summed E-state index contributed by atoms with van der Waals surface area (Å²) in [5.74, 6) is -4.00. The summed E-state index contributed by atoms with van der Waals surface area (Å²) in [4.78, 5) is 24.3. The monoisotopic (exact) mass is 436 g/mol. The Labute approximate surface area is 176 Å². The molecular formula is C21H19ClF2N2O4. The highest BCUT2D eigenvalue weighted by molar-refractivity contribution is 6.33. The fourth-order valence-corrected chi connectivity index (χ4v) is 3.96. The molecule has 2 N–H and O–H groups in total. The minimum Gasteiger partial charge on any atom is -0.416 e. The second kappa shape index (κ2) is 8.20. The summed E-state index contributed by atoms with van der Waals surface area (Å²) in [5.41, 5.74) is 1.97. The van der Waals surface area contributed by atoms with E-state index in [2.05, 4.69) is 10.6 Å². The molecule has 2 heterocycles. The molecule has 2 aromatic carbocycles. The number of carbonyl (C=O) groups excluding carboxylic acids is 2. The molecule has 2 aliphatic rings. The van der Waals surface area contributed by atoms with Crippen LogP contribution < -0.4 is 10.6 Å². The number of benzene rings is 2. The average Bonchev–Trinajstić information content (AvgIpc) is 2.95. The van der Waals surface area contributed by atoms with Crippen molar-refractivity contribution < 1.29 is 27.8 Å². The van der Waals surface area contributed by atoms with Crippen LogP contribution in [0.3, 0.4) is 0 Å². The van der Waals surface area contributed by atoms with Gasteiger partial charge in [0.2, 0.25) is 0 Å². The summed E-state index contributed by atoms with van der Waals surface area (Å²) in [6.07, 6.45) is 0.387. The van der Waals surface area contributed by atoms with Gasteiger partial charge in [-0.3, -0.25) is 9.59 Å². The predicted octanol–water partition coefficient (Wildman–Crippen LogP) is 3.41. The topological polar surface area (TPSA) is 76.7 Å². The molecule has 0 amide bonds. The van der Waals surface area contributed by atoms with E-state index in [1.54, 1.807) is 12.1 Å². The van der Waals surface area contributed by atoms with Crippen LogP contribution in [-0.2, 0) is 37.8 Å². The van der Waals surface area contributed by atoms with E-state index < -0.39 is 29.4 Å². The smallest absolute Gasteiger partial charge is 0.309 e. The van der Waals surface area contributed by atoms with Crippen LogP contribution in [0, 0.1) is 11.6 Å². The Bertz CT molecular complexity index is 997. The lowest BCUT2D eigenvalue weighted by atomic mass is 9.96. The Morgan fingerprint density at radius 1 is 1.07 bits per heavy atom. The Morgan fingerprint density at radius 3 is 2.50 bits per heavy atom. The van der Waals surface area contributed by atoms with Crippen molar-refractivity contribution in [1.82, 2.24) is 5.32 Å². The van der Waals surface area contributed by atoms with Crippen LogP contribution in [0.15, 0.2) is 30.3 Å². The van der Waals surface area contributed by atoms with Crippen LogP contribution in [0.4, 0.5) is 14.5 Å². The molecule has 6 nitrogen and oxygen atoms in total. The lowest BCUT2D eigenvalue weighted by molar-refractivity contribution is -0.225. The number of fused-ring (bicyclic) bond motifs is 2. The molecule has 2 aromatic rings. The normalized spacial score (nSPS) is 18.1. The van der Waals surface area contributed by atoms with E-state index in [1.807, 2.05) is 0 Å². The van der Waals surface area contributed by atoms with Gasteiger partial charge in [-0.25, -0.2) is 8.78 Å². The molecule has 0 unspecified atom stereocenters. The SMILES string of the molecule is O=C1CCC(=O)OC2(CNCCc3c2ccc(Cl)c3NCc2ccc(F)cc2F)O1. The number of carbonyl (C=O) groups is 2. The van der Waals surface area contributed by atoms with E-state index in [9.17, 15) is 18.4 Å². The molecule has 30 heavy (non-hydrogen) atoms. The first-order valence-corrected chi connectivity index (χ1v) is 9.90. The zero-order chi connectivity index (χ0) is 21.3. The van der Waals surface area contributed by atoms with Crippen LogP contribution in [0.1, 0.15) is 29.5 Å². The summed E-state index contributed by atoms with van der Waals surface area (Å²) in [7, 11) is 0. The van der Waals surface area contributed by atoms with Crippen molar-refractivity contribution in [2.24, 2.45) is 0 Å². The molecule has 0 bridgehead atoms. The van der Waals surface area contributed by atoms with Crippen molar-refractivity contribution >= 4 is 29.2 Å². The molecule has 158 valence electrons. The van der Waals surface area contributed by atoms with E-state index >= 15 is 0 Å². The first-order chi connectivity index (χ1) is 14.4. The van der Waals surface area contributed by atoms with Crippen molar-refractivity contribution in [3.8, 4) is 0 Å². The maximum Gasteiger partial charge on any atom is 0.309 e. The number of hydrogen-bond acceptors (Lipinski definition) is 6. The lowest BCUT2D eigenvalue weighted by Gasteiger charge is -2.32.